The van der Waals surface area contributed by atoms with Crippen LogP contribution in [0.15, 0.2) is 24.3 Å². The predicted octanol–water partition coefficient (Wildman–Crippen LogP) is 1.74. The molecule has 0 saturated carbocycles. The summed E-state index contributed by atoms with van der Waals surface area (Å²) in [4.78, 5) is 12.0. The maximum Gasteiger partial charge on any atom is 0.416 e. The summed E-state index contributed by atoms with van der Waals surface area (Å²) >= 11 is 0. The normalized spacial score (nSPS) is 20.5. The zero-order valence-corrected chi connectivity index (χ0v) is 12.2. The Morgan fingerprint density at radius 3 is 2.64 bits per heavy atom. The van der Waals surface area contributed by atoms with Crippen molar-refractivity contribution in [2.45, 2.75) is 31.7 Å². The van der Waals surface area contributed by atoms with Crippen LogP contribution in [0.4, 0.5) is 13.2 Å². The fraction of sp³-hybridized carbons (Fsp3) is 0.533. The van der Waals surface area contributed by atoms with Crippen molar-refractivity contribution < 1.29 is 22.7 Å². The Hall–Kier alpha value is -1.60. The third-order valence-corrected chi connectivity index (χ3v) is 3.43. The Bertz CT molecular complexity index is 497. The molecular formula is C15H19F3N2O2. The van der Waals surface area contributed by atoms with Crippen LogP contribution in [0.2, 0.25) is 0 Å². The quantitative estimate of drug-likeness (QED) is 0.890. The van der Waals surface area contributed by atoms with Gasteiger partial charge in [-0.05, 0) is 31.0 Å². The van der Waals surface area contributed by atoms with Crippen LogP contribution in [-0.4, -0.2) is 37.7 Å². The van der Waals surface area contributed by atoms with Gasteiger partial charge in [0.15, 0.2) is 0 Å². The highest BCUT2D eigenvalue weighted by molar-refractivity contribution is 5.81. The molecule has 1 amide bonds. The van der Waals surface area contributed by atoms with Gasteiger partial charge in [0.2, 0.25) is 0 Å². The molecule has 1 saturated heterocycles. The number of alkyl halides is 3. The summed E-state index contributed by atoms with van der Waals surface area (Å²) in [7, 11) is 0. The topological polar surface area (TPSA) is 50.4 Å². The van der Waals surface area contributed by atoms with Crippen molar-refractivity contribution in [3.63, 3.8) is 0 Å². The monoisotopic (exact) mass is 316 g/mol. The largest absolute Gasteiger partial charge is 0.416 e. The summed E-state index contributed by atoms with van der Waals surface area (Å²) < 4.78 is 42.8. The number of hydrogen-bond donors (Lipinski definition) is 2. The SMILES string of the molecule is CC(Cc1ccc(C(F)(F)F)cc1)NC(=O)C1CNCCO1. The van der Waals surface area contributed by atoms with E-state index >= 15 is 0 Å². The van der Waals surface area contributed by atoms with Crippen molar-refractivity contribution in [2.24, 2.45) is 0 Å². The smallest absolute Gasteiger partial charge is 0.366 e. The van der Waals surface area contributed by atoms with E-state index in [1.165, 1.54) is 12.1 Å². The number of amides is 1. The Morgan fingerprint density at radius 2 is 2.09 bits per heavy atom. The molecule has 1 aromatic rings. The number of morpholine rings is 1. The number of hydrogen-bond acceptors (Lipinski definition) is 3. The fourth-order valence-electron chi connectivity index (χ4n) is 2.30. The van der Waals surface area contributed by atoms with Crippen LogP contribution in [-0.2, 0) is 22.1 Å². The van der Waals surface area contributed by atoms with Crippen molar-refractivity contribution in [3.8, 4) is 0 Å². The number of nitrogens with one attached hydrogen (secondary N) is 2. The van der Waals surface area contributed by atoms with Gasteiger partial charge < -0.3 is 15.4 Å². The van der Waals surface area contributed by atoms with Crippen molar-refractivity contribution in [3.05, 3.63) is 35.4 Å². The lowest BCUT2D eigenvalue weighted by Gasteiger charge is -2.24. The summed E-state index contributed by atoms with van der Waals surface area (Å²) in [6.45, 7) is 3.50. The molecule has 2 N–H and O–H groups in total. The fourth-order valence-corrected chi connectivity index (χ4v) is 2.30. The summed E-state index contributed by atoms with van der Waals surface area (Å²) in [6.07, 6.45) is -4.38. The van der Waals surface area contributed by atoms with E-state index in [0.29, 0.717) is 19.6 Å². The van der Waals surface area contributed by atoms with E-state index in [-0.39, 0.29) is 11.9 Å². The maximum absolute atomic E-state index is 12.5. The molecule has 0 aliphatic carbocycles. The molecular weight excluding hydrogens is 297 g/mol. The van der Waals surface area contributed by atoms with Gasteiger partial charge >= 0.3 is 6.18 Å². The van der Waals surface area contributed by atoms with E-state index in [2.05, 4.69) is 10.6 Å². The van der Waals surface area contributed by atoms with Crippen LogP contribution >= 0.6 is 0 Å². The summed E-state index contributed by atoms with van der Waals surface area (Å²) in [5, 5.41) is 5.88. The first-order valence-corrected chi connectivity index (χ1v) is 7.15. The Balaban J connectivity index is 1.86. The lowest BCUT2D eigenvalue weighted by atomic mass is 10.0. The van der Waals surface area contributed by atoms with Gasteiger partial charge in [-0.3, -0.25) is 4.79 Å². The standard InChI is InChI=1S/C15H19F3N2O2/c1-10(20-14(21)13-9-19-6-7-22-13)8-11-2-4-12(5-3-11)15(16,17)18/h2-5,10,13,19H,6-9H2,1H3,(H,20,21). The van der Waals surface area contributed by atoms with Gasteiger partial charge in [-0.2, -0.15) is 13.2 Å². The molecule has 1 aliphatic rings. The van der Waals surface area contributed by atoms with Crippen LogP contribution in [0.5, 0.6) is 0 Å². The van der Waals surface area contributed by atoms with E-state index in [0.717, 1.165) is 24.2 Å². The molecule has 0 aromatic heterocycles. The van der Waals surface area contributed by atoms with Crippen molar-refractivity contribution in [1.82, 2.24) is 10.6 Å². The number of halogens is 3. The number of carbonyl (C=O) groups is 1. The van der Waals surface area contributed by atoms with Gasteiger partial charge in [0.25, 0.3) is 5.91 Å². The molecule has 2 atom stereocenters. The molecule has 0 spiro atoms. The van der Waals surface area contributed by atoms with E-state index in [4.69, 9.17) is 4.74 Å². The number of rotatable bonds is 4. The Kier molecular flexibility index (Phi) is 5.42. The molecule has 4 nitrogen and oxygen atoms in total. The molecule has 7 heteroatoms. The van der Waals surface area contributed by atoms with Crippen molar-refractivity contribution >= 4 is 5.91 Å². The van der Waals surface area contributed by atoms with Crippen molar-refractivity contribution in [1.29, 1.82) is 0 Å². The third kappa shape index (κ3) is 4.71. The minimum atomic E-state index is -4.33. The molecule has 2 rings (SSSR count). The van der Waals surface area contributed by atoms with Gasteiger partial charge in [-0.1, -0.05) is 12.1 Å². The van der Waals surface area contributed by atoms with Gasteiger partial charge in [0.05, 0.1) is 12.2 Å². The minimum Gasteiger partial charge on any atom is -0.366 e. The zero-order chi connectivity index (χ0) is 16.2. The first kappa shape index (κ1) is 16.8. The summed E-state index contributed by atoms with van der Waals surface area (Å²) in [6, 6.07) is 4.79. The second-order valence-electron chi connectivity index (χ2n) is 5.37. The lowest BCUT2D eigenvalue weighted by molar-refractivity contribution is -0.137. The minimum absolute atomic E-state index is 0.185. The highest BCUT2D eigenvalue weighted by atomic mass is 19.4. The van der Waals surface area contributed by atoms with Crippen LogP contribution in [0.25, 0.3) is 0 Å². The molecule has 0 radical (unpaired) electrons. The molecule has 0 bridgehead atoms. The highest BCUT2D eigenvalue weighted by Crippen LogP contribution is 2.29. The van der Waals surface area contributed by atoms with Crippen LogP contribution in [0.1, 0.15) is 18.1 Å². The molecule has 22 heavy (non-hydrogen) atoms. The first-order chi connectivity index (χ1) is 10.4. The summed E-state index contributed by atoms with van der Waals surface area (Å²) in [5.74, 6) is -0.202. The second kappa shape index (κ2) is 7.11. The van der Waals surface area contributed by atoms with Crippen molar-refractivity contribution in [2.75, 3.05) is 19.7 Å². The first-order valence-electron chi connectivity index (χ1n) is 7.15. The van der Waals surface area contributed by atoms with Crippen LogP contribution < -0.4 is 10.6 Å². The zero-order valence-electron chi connectivity index (χ0n) is 12.2. The number of benzene rings is 1. The van der Waals surface area contributed by atoms with Gasteiger partial charge in [-0.25, -0.2) is 0 Å². The number of carbonyl (C=O) groups excluding carboxylic acids is 1. The van der Waals surface area contributed by atoms with Crippen LogP contribution in [0.3, 0.4) is 0 Å². The second-order valence-corrected chi connectivity index (χ2v) is 5.37. The maximum atomic E-state index is 12.5. The summed E-state index contributed by atoms with van der Waals surface area (Å²) in [5.41, 5.74) is 0.0677. The lowest BCUT2D eigenvalue weighted by Crippen LogP contribution is -2.50. The van der Waals surface area contributed by atoms with Gasteiger partial charge in [-0.15, -0.1) is 0 Å². The molecule has 122 valence electrons. The molecule has 2 unspecified atom stereocenters. The predicted molar refractivity (Wildman–Crippen MR) is 75.4 cm³/mol. The van der Waals surface area contributed by atoms with E-state index in [9.17, 15) is 18.0 Å². The highest BCUT2D eigenvalue weighted by Gasteiger charge is 2.30. The third-order valence-electron chi connectivity index (χ3n) is 3.43. The average Bonchev–Trinajstić information content (AvgIpc) is 2.47. The molecule has 1 heterocycles. The van der Waals surface area contributed by atoms with E-state index < -0.39 is 17.8 Å². The van der Waals surface area contributed by atoms with Gasteiger partial charge in [0.1, 0.15) is 6.10 Å². The van der Waals surface area contributed by atoms with Gasteiger partial charge in [0, 0.05) is 19.1 Å². The molecule has 1 aliphatic heterocycles. The van der Waals surface area contributed by atoms with Crippen LogP contribution in [0, 0.1) is 0 Å². The van der Waals surface area contributed by atoms with E-state index in [1.807, 2.05) is 6.92 Å². The van der Waals surface area contributed by atoms with E-state index in [1.54, 1.807) is 0 Å². The number of ether oxygens (including phenoxy) is 1. The Morgan fingerprint density at radius 1 is 1.41 bits per heavy atom. The Labute approximate surface area is 127 Å². The average molecular weight is 316 g/mol. The molecule has 1 fully saturated rings. The molecule has 1 aromatic carbocycles.